The van der Waals surface area contributed by atoms with Crippen LogP contribution in [0.5, 0.6) is 0 Å². The van der Waals surface area contributed by atoms with Crippen molar-refractivity contribution in [1.82, 2.24) is 0 Å². The van der Waals surface area contributed by atoms with Gasteiger partial charge in [0.1, 0.15) is 0 Å². The molecule has 72 valence electrons. The number of guanidine groups is 1. The largest absolute Gasteiger partial charge is 0.485 e. The third-order valence-corrected chi connectivity index (χ3v) is 1.52. The Morgan fingerprint density at radius 3 is 2.77 bits per heavy atom. The molecular weight excluding hydrogens is 174 g/mol. The molecular formula is C7H11N3O3. The van der Waals surface area contributed by atoms with Crippen LogP contribution in [0.15, 0.2) is 16.4 Å². The summed E-state index contributed by atoms with van der Waals surface area (Å²) in [7, 11) is 0. The second-order valence-electron chi connectivity index (χ2n) is 2.57. The zero-order valence-electron chi connectivity index (χ0n) is 6.99. The highest BCUT2D eigenvalue weighted by Crippen LogP contribution is 2.19. The Hall–Kier alpha value is -1.72. The van der Waals surface area contributed by atoms with Crippen LogP contribution in [-0.4, -0.2) is 23.6 Å². The van der Waals surface area contributed by atoms with Gasteiger partial charge < -0.3 is 21.3 Å². The molecule has 0 saturated carbocycles. The molecule has 0 aromatic rings. The molecule has 6 nitrogen and oxygen atoms in total. The van der Waals surface area contributed by atoms with Gasteiger partial charge in [0.2, 0.25) is 5.76 Å². The molecule has 0 aliphatic carbocycles. The Morgan fingerprint density at radius 2 is 2.23 bits per heavy atom. The van der Waals surface area contributed by atoms with E-state index in [0.29, 0.717) is 18.7 Å². The van der Waals surface area contributed by atoms with E-state index in [2.05, 4.69) is 4.99 Å². The lowest BCUT2D eigenvalue weighted by molar-refractivity contribution is -0.137. The van der Waals surface area contributed by atoms with Crippen LogP contribution in [0, 0.1) is 0 Å². The number of hydrogen-bond acceptors (Lipinski definition) is 3. The molecule has 6 heteroatoms. The zero-order valence-corrected chi connectivity index (χ0v) is 6.99. The zero-order chi connectivity index (χ0) is 9.84. The topological polar surface area (TPSA) is 111 Å². The van der Waals surface area contributed by atoms with Crippen molar-refractivity contribution in [3.8, 4) is 0 Å². The van der Waals surface area contributed by atoms with E-state index in [-0.39, 0.29) is 11.7 Å². The molecule has 0 amide bonds. The molecule has 5 N–H and O–H groups in total. The smallest absolute Gasteiger partial charge is 0.373 e. The average Bonchev–Trinajstić information content (AvgIpc) is 2.03. The van der Waals surface area contributed by atoms with E-state index in [9.17, 15) is 4.79 Å². The van der Waals surface area contributed by atoms with Crippen molar-refractivity contribution in [3.63, 3.8) is 0 Å². The summed E-state index contributed by atoms with van der Waals surface area (Å²) in [5, 5.41) is 8.69. The first-order chi connectivity index (χ1) is 6.11. The summed E-state index contributed by atoms with van der Waals surface area (Å²) in [6.07, 6.45) is 1.25. The van der Waals surface area contributed by atoms with Crippen molar-refractivity contribution in [2.24, 2.45) is 16.5 Å². The summed E-state index contributed by atoms with van der Waals surface area (Å²) in [6, 6.07) is 0. The van der Waals surface area contributed by atoms with E-state index in [1.165, 1.54) is 0 Å². The Balaban J connectivity index is 2.97. The number of rotatable bonds is 2. The molecule has 0 bridgehead atoms. The molecule has 0 aromatic carbocycles. The van der Waals surface area contributed by atoms with Crippen LogP contribution in [0.4, 0.5) is 0 Å². The summed E-state index contributed by atoms with van der Waals surface area (Å²) in [6.45, 7) is 0.394. The molecule has 0 atom stereocenters. The fraction of sp³-hybridized carbons (Fsp3) is 0.429. The molecule has 1 heterocycles. The highest BCUT2D eigenvalue weighted by Gasteiger charge is 2.19. The van der Waals surface area contributed by atoms with Crippen LogP contribution in [0.3, 0.4) is 0 Å². The summed E-state index contributed by atoms with van der Waals surface area (Å²) in [5.74, 6) is -1.45. The van der Waals surface area contributed by atoms with Crippen LogP contribution < -0.4 is 11.5 Å². The number of aliphatic imine (C=N–C) groups is 1. The van der Waals surface area contributed by atoms with E-state index in [1.807, 2.05) is 0 Å². The van der Waals surface area contributed by atoms with Gasteiger partial charge in [-0.2, -0.15) is 0 Å². The minimum atomic E-state index is -1.14. The van der Waals surface area contributed by atoms with Gasteiger partial charge in [0.15, 0.2) is 5.96 Å². The molecule has 0 fully saturated rings. The monoisotopic (exact) mass is 185 g/mol. The van der Waals surface area contributed by atoms with Crippen LogP contribution >= 0.6 is 0 Å². The number of hydrogen-bond donors (Lipinski definition) is 3. The van der Waals surface area contributed by atoms with E-state index in [1.54, 1.807) is 0 Å². The first-order valence-corrected chi connectivity index (χ1v) is 3.80. The number of nitrogens with zero attached hydrogens (tertiary/aromatic N) is 1. The first kappa shape index (κ1) is 9.37. The number of nitrogens with two attached hydrogens (primary N) is 2. The highest BCUT2D eigenvalue weighted by atomic mass is 16.5. The maximum absolute atomic E-state index is 10.6. The number of carboxylic acids is 1. The molecule has 1 aliphatic rings. The molecule has 0 aromatic heterocycles. The number of aliphatic carboxylic acids is 1. The predicted molar refractivity (Wildman–Crippen MR) is 45.7 cm³/mol. The lowest BCUT2D eigenvalue weighted by atomic mass is 10.2. The van der Waals surface area contributed by atoms with E-state index in [0.717, 1.165) is 6.42 Å². The standard InChI is InChI=1S/C7H11N3O3/c8-7(9)10-4-2-1-3-13-5(4)6(11)12/h1-3H2,(H,11,12)(H4,8,9,10). The van der Waals surface area contributed by atoms with E-state index >= 15 is 0 Å². The fourth-order valence-electron chi connectivity index (χ4n) is 1.06. The molecule has 1 rings (SSSR count). The third-order valence-electron chi connectivity index (χ3n) is 1.52. The summed E-state index contributed by atoms with van der Waals surface area (Å²) < 4.78 is 4.91. The molecule has 0 radical (unpaired) electrons. The second kappa shape index (κ2) is 3.79. The van der Waals surface area contributed by atoms with Crippen molar-refractivity contribution >= 4 is 11.9 Å². The minimum absolute atomic E-state index is 0.153. The van der Waals surface area contributed by atoms with Gasteiger partial charge in [-0.3, -0.25) is 0 Å². The molecule has 13 heavy (non-hydrogen) atoms. The predicted octanol–water partition coefficient (Wildman–Crippen LogP) is -0.634. The van der Waals surface area contributed by atoms with Crippen molar-refractivity contribution in [3.05, 3.63) is 11.5 Å². The lowest BCUT2D eigenvalue weighted by Gasteiger charge is -2.15. The van der Waals surface area contributed by atoms with Gasteiger partial charge >= 0.3 is 5.97 Å². The van der Waals surface area contributed by atoms with Crippen molar-refractivity contribution in [2.45, 2.75) is 12.8 Å². The summed E-state index contributed by atoms with van der Waals surface area (Å²) in [4.78, 5) is 14.3. The average molecular weight is 185 g/mol. The second-order valence-corrected chi connectivity index (χ2v) is 2.57. The number of carboxylic acid groups (broad SMARTS) is 1. The Morgan fingerprint density at radius 1 is 1.54 bits per heavy atom. The van der Waals surface area contributed by atoms with Crippen LogP contribution in [-0.2, 0) is 9.53 Å². The molecule has 0 saturated heterocycles. The van der Waals surface area contributed by atoms with E-state index in [4.69, 9.17) is 21.3 Å². The van der Waals surface area contributed by atoms with Gasteiger partial charge in [0, 0.05) is 0 Å². The van der Waals surface area contributed by atoms with E-state index < -0.39 is 5.97 Å². The quantitative estimate of drug-likeness (QED) is 0.391. The number of ether oxygens (including phenoxy) is 1. The first-order valence-electron chi connectivity index (χ1n) is 3.80. The van der Waals surface area contributed by atoms with Gasteiger partial charge in [0.05, 0.1) is 12.3 Å². The van der Waals surface area contributed by atoms with Crippen LogP contribution in [0.1, 0.15) is 12.8 Å². The Kier molecular flexibility index (Phi) is 2.73. The highest BCUT2D eigenvalue weighted by molar-refractivity contribution is 5.86. The van der Waals surface area contributed by atoms with Gasteiger partial charge in [0.25, 0.3) is 0 Å². The lowest BCUT2D eigenvalue weighted by Crippen LogP contribution is -2.24. The van der Waals surface area contributed by atoms with Gasteiger partial charge in [-0.05, 0) is 12.8 Å². The van der Waals surface area contributed by atoms with Crippen LogP contribution in [0.2, 0.25) is 0 Å². The maximum atomic E-state index is 10.6. The van der Waals surface area contributed by atoms with Gasteiger partial charge in [-0.25, -0.2) is 9.79 Å². The minimum Gasteiger partial charge on any atom is -0.485 e. The van der Waals surface area contributed by atoms with Crippen molar-refractivity contribution in [1.29, 1.82) is 0 Å². The fourth-order valence-corrected chi connectivity index (χ4v) is 1.06. The third kappa shape index (κ3) is 2.36. The van der Waals surface area contributed by atoms with Crippen LogP contribution in [0.25, 0.3) is 0 Å². The van der Waals surface area contributed by atoms with Crippen molar-refractivity contribution < 1.29 is 14.6 Å². The molecule has 0 unspecified atom stereocenters. The van der Waals surface area contributed by atoms with Gasteiger partial charge in [-0.1, -0.05) is 0 Å². The normalized spacial score (nSPS) is 16.3. The molecule has 1 aliphatic heterocycles. The number of allylic oxidation sites excluding steroid dienone is 1. The summed E-state index contributed by atoms with van der Waals surface area (Å²) in [5.41, 5.74) is 10.6. The SMILES string of the molecule is NC(N)=NC1=C(C(=O)O)OCCC1. The van der Waals surface area contributed by atoms with Crippen molar-refractivity contribution in [2.75, 3.05) is 6.61 Å². The summed E-state index contributed by atoms with van der Waals surface area (Å²) >= 11 is 0. The number of carbonyl (C=O) groups is 1. The maximum Gasteiger partial charge on any atom is 0.373 e. The molecule has 0 spiro atoms. The van der Waals surface area contributed by atoms with Gasteiger partial charge in [-0.15, -0.1) is 0 Å². The Bertz CT molecular complexity index is 279. The Labute approximate surface area is 74.9 Å².